The van der Waals surface area contributed by atoms with Gasteiger partial charge in [0.2, 0.25) is 5.78 Å². The summed E-state index contributed by atoms with van der Waals surface area (Å²) in [7, 11) is 0. The standard InChI is InChI=1S/C13H11BrO2/c1-7-4-9-6-11(12(15)8-2-3-8)16-13(9)10(14)5-7/h4-6,8H,2-3H2,1H3. The van der Waals surface area contributed by atoms with E-state index in [1.165, 1.54) is 0 Å². The Morgan fingerprint density at radius 2 is 2.12 bits per heavy atom. The van der Waals surface area contributed by atoms with Gasteiger partial charge in [-0.25, -0.2) is 0 Å². The van der Waals surface area contributed by atoms with E-state index in [-0.39, 0.29) is 11.7 Å². The molecule has 1 heterocycles. The zero-order valence-corrected chi connectivity index (χ0v) is 10.5. The van der Waals surface area contributed by atoms with Gasteiger partial charge in [0.25, 0.3) is 0 Å². The van der Waals surface area contributed by atoms with E-state index < -0.39 is 0 Å². The van der Waals surface area contributed by atoms with Crippen molar-refractivity contribution in [2.45, 2.75) is 19.8 Å². The lowest BCUT2D eigenvalue weighted by atomic mass is 10.1. The number of furan rings is 1. The zero-order valence-electron chi connectivity index (χ0n) is 8.92. The van der Waals surface area contributed by atoms with E-state index in [4.69, 9.17) is 4.42 Å². The summed E-state index contributed by atoms with van der Waals surface area (Å²) in [6.07, 6.45) is 2.02. The highest BCUT2D eigenvalue weighted by Gasteiger charge is 2.32. The number of rotatable bonds is 2. The third kappa shape index (κ3) is 1.59. The Kier molecular flexibility index (Phi) is 2.18. The summed E-state index contributed by atoms with van der Waals surface area (Å²) in [6.45, 7) is 2.03. The first kappa shape index (κ1) is 10.1. The molecule has 1 aliphatic rings. The van der Waals surface area contributed by atoms with Crippen LogP contribution < -0.4 is 0 Å². The van der Waals surface area contributed by atoms with Gasteiger partial charge >= 0.3 is 0 Å². The van der Waals surface area contributed by atoms with Gasteiger partial charge in [0.1, 0.15) is 5.58 Å². The summed E-state index contributed by atoms with van der Waals surface area (Å²) in [4.78, 5) is 11.9. The van der Waals surface area contributed by atoms with Crippen molar-refractivity contribution in [1.82, 2.24) is 0 Å². The van der Waals surface area contributed by atoms with Crippen LogP contribution in [0, 0.1) is 12.8 Å². The van der Waals surface area contributed by atoms with Crippen molar-refractivity contribution in [3.8, 4) is 0 Å². The Bertz CT molecular complexity index is 579. The van der Waals surface area contributed by atoms with Crippen LogP contribution in [-0.2, 0) is 0 Å². The van der Waals surface area contributed by atoms with Gasteiger partial charge < -0.3 is 4.42 Å². The minimum absolute atomic E-state index is 0.153. The average molecular weight is 279 g/mol. The molecular weight excluding hydrogens is 268 g/mol. The molecule has 0 radical (unpaired) electrons. The number of carbonyl (C=O) groups excluding carboxylic acids is 1. The van der Waals surface area contributed by atoms with Gasteiger partial charge in [-0.1, -0.05) is 0 Å². The van der Waals surface area contributed by atoms with E-state index >= 15 is 0 Å². The molecule has 0 saturated heterocycles. The van der Waals surface area contributed by atoms with Crippen LogP contribution in [0.1, 0.15) is 29.0 Å². The number of hydrogen-bond acceptors (Lipinski definition) is 2. The van der Waals surface area contributed by atoms with Crippen LogP contribution in [-0.4, -0.2) is 5.78 Å². The minimum Gasteiger partial charge on any atom is -0.452 e. The van der Waals surface area contributed by atoms with Gasteiger partial charge in [0.15, 0.2) is 5.76 Å². The second kappa shape index (κ2) is 3.45. The van der Waals surface area contributed by atoms with Crippen molar-refractivity contribution < 1.29 is 9.21 Å². The lowest BCUT2D eigenvalue weighted by molar-refractivity contribution is 0.0942. The molecule has 1 saturated carbocycles. The number of halogens is 1. The number of benzene rings is 1. The predicted octanol–water partition coefficient (Wildman–Crippen LogP) is 4.10. The molecule has 3 heteroatoms. The maximum atomic E-state index is 11.9. The highest BCUT2D eigenvalue weighted by molar-refractivity contribution is 9.10. The Morgan fingerprint density at radius 1 is 1.38 bits per heavy atom. The van der Waals surface area contributed by atoms with Crippen LogP contribution in [0.3, 0.4) is 0 Å². The van der Waals surface area contributed by atoms with E-state index in [2.05, 4.69) is 15.9 Å². The maximum absolute atomic E-state index is 11.9. The lowest BCUT2D eigenvalue weighted by Gasteiger charge is -1.95. The topological polar surface area (TPSA) is 30.2 Å². The van der Waals surface area contributed by atoms with Crippen molar-refractivity contribution >= 4 is 32.7 Å². The van der Waals surface area contributed by atoms with E-state index in [9.17, 15) is 4.79 Å². The summed E-state index contributed by atoms with van der Waals surface area (Å²) >= 11 is 3.46. The molecule has 0 spiro atoms. The molecule has 0 bridgehead atoms. The largest absolute Gasteiger partial charge is 0.452 e. The van der Waals surface area contributed by atoms with Crippen molar-refractivity contribution in [3.63, 3.8) is 0 Å². The van der Waals surface area contributed by atoms with Crippen molar-refractivity contribution in [2.75, 3.05) is 0 Å². The highest BCUT2D eigenvalue weighted by atomic mass is 79.9. The van der Waals surface area contributed by atoms with E-state index in [0.29, 0.717) is 5.76 Å². The number of Topliss-reactive ketones (excluding diaryl/α,β-unsaturated/α-hetero) is 1. The molecule has 0 atom stereocenters. The Morgan fingerprint density at radius 3 is 2.81 bits per heavy atom. The van der Waals surface area contributed by atoms with Gasteiger partial charge in [-0.15, -0.1) is 0 Å². The molecule has 82 valence electrons. The summed E-state index contributed by atoms with van der Waals surface area (Å²) in [5.41, 5.74) is 1.93. The lowest BCUT2D eigenvalue weighted by Crippen LogP contribution is -1.98. The predicted molar refractivity (Wildman–Crippen MR) is 65.7 cm³/mol. The quantitative estimate of drug-likeness (QED) is 0.775. The SMILES string of the molecule is Cc1cc(Br)c2oc(C(=O)C3CC3)cc2c1. The fraction of sp³-hybridized carbons (Fsp3) is 0.308. The summed E-state index contributed by atoms with van der Waals surface area (Å²) in [6, 6.07) is 5.89. The normalized spacial score (nSPS) is 15.6. The van der Waals surface area contributed by atoms with Crippen molar-refractivity contribution in [3.05, 3.63) is 34.0 Å². The Labute approximate surface area is 102 Å². The van der Waals surface area contributed by atoms with E-state index in [1.807, 2.05) is 25.1 Å². The molecule has 2 nitrogen and oxygen atoms in total. The van der Waals surface area contributed by atoms with Crippen molar-refractivity contribution in [2.24, 2.45) is 5.92 Å². The monoisotopic (exact) mass is 278 g/mol. The molecule has 1 fully saturated rings. The zero-order chi connectivity index (χ0) is 11.3. The Balaban J connectivity index is 2.14. The van der Waals surface area contributed by atoms with Gasteiger partial charge in [0.05, 0.1) is 4.47 Å². The molecule has 1 aromatic heterocycles. The third-order valence-corrected chi connectivity index (χ3v) is 3.50. The van der Waals surface area contributed by atoms with Crippen LogP contribution in [0.25, 0.3) is 11.0 Å². The molecular formula is C13H11BrO2. The second-order valence-corrected chi connectivity index (χ2v) is 5.27. The van der Waals surface area contributed by atoms with E-state index in [0.717, 1.165) is 33.8 Å². The first-order chi connectivity index (χ1) is 7.65. The number of fused-ring (bicyclic) bond motifs is 1. The first-order valence-electron chi connectivity index (χ1n) is 5.39. The maximum Gasteiger partial charge on any atom is 0.201 e. The molecule has 0 amide bonds. The molecule has 0 aliphatic heterocycles. The van der Waals surface area contributed by atoms with Gasteiger partial charge in [-0.3, -0.25) is 4.79 Å². The minimum atomic E-state index is 0.153. The molecule has 3 rings (SSSR count). The Hall–Kier alpha value is -1.09. The molecule has 1 aromatic carbocycles. The van der Waals surface area contributed by atoms with Gasteiger partial charge in [-0.05, 0) is 59.5 Å². The van der Waals surface area contributed by atoms with Gasteiger partial charge in [0, 0.05) is 11.3 Å². The summed E-state index contributed by atoms with van der Waals surface area (Å²) in [5.74, 6) is 0.866. The number of carbonyl (C=O) groups is 1. The van der Waals surface area contributed by atoms with Crippen LogP contribution in [0.15, 0.2) is 27.1 Å². The molecule has 0 unspecified atom stereocenters. The highest BCUT2D eigenvalue weighted by Crippen LogP contribution is 2.35. The van der Waals surface area contributed by atoms with E-state index in [1.54, 1.807) is 0 Å². The third-order valence-electron chi connectivity index (χ3n) is 2.91. The van der Waals surface area contributed by atoms with Crippen LogP contribution in [0.4, 0.5) is 0 Å². The van der Waals surface area contributed by atoms with Gasteiger partial charge in [-0.2, -0.15) is 0 Å². The smallest absolute Gasteiger partial charge is 0.201 e. The number of aryl methyl sites for hydroxylation is 1. The molecule has 2 aromatic rings. The van der Waals surface area contributed by atoms with Crippen LogP contribution >= 0.6 is 15.9 Å². The number of ketones is 1. The summed E-state index contributed by atoms with van der Waals surface area (Å²) in [5, 5.41) is 0.996. The summed E-state index contributed by atoms with van der Waals surface area (Å²) < 4.78 is 6.53. The van der Waals surface area contributed by atoms with Crippen LogP contribution in [0.5, 0.6) is 0 Å². The van der Waals surface area contributed by atoms with Crippen molar-refractivity contribution in [1.29, 1.82) is 0 Å². The molecule has 0 N–H and O–H groups in total. The first-order valence-corrected chi connectivity index (χ1v) is 6.18. The fourth-order valence-electron chi connectivity index (χ4n) is 1.92. The van der Waals surface area contributed by atoms with Crippen LogP contribution in [0.2, 0.25) is 0 Å². The molecule has 16 heavy (non-hydrogen) atoms. The molecule has 1 aliphatic carbocycles. The average Bonchev–Trinajstić information content (AvgIpc) is 2.97. The second-order valence-electron chi connectivity index (χ2n) is 4.41. The fourth-order valence-corrected chi connectivity index (χ4v) is 2.59. The number of hydrogen-bond donors (Lipinski definition) is 0.